The number of aliphatic imine (C=N–C) groups is 1. The minimum Gasteiger partial charge on any atom is -0.406 e. The molecular weight excluding hydrogens is 401 g/mol. The Bertz CT molecular complexity index is 869. The first-order chi connectivity index (χ1) is 13.8. The third kappa shape index (κ3) is 7.35. The van der Waals surface area contributed by atoms with Crippen molar-refractivity contribution in [2.45, 2.75) is 6.36 Å². The molecule has 0 aromatic heterocycles. The number of ether oxygens (including phenoxy) is 1. The molecular formula is C20H23F3N4OS. The zero-order chi connectivity index (χ0) is 21.3. The number of hydrogen-bond acceptors (Lipinski definition) is 6. The van der Waals surface area contributed by atoms with Crippen molar-refractivity contribution in [3.8, 4) is 16.9 Å². The van der Waals surface area contributed by atoms with E-state index >= 15 is 0 Å². The maximum Gasteiger partial charge on any atom is 0.573 e. The summed E-state index contributed by atoms with van der Waals surface area (Å²) < 4.78 is 44.6. The maximum atomic E-state index is 12.5. The van der Waals surface area contributed by atoms with Gasteiger partial charge in [0.1, 0.15) is 5.75 Å². The Balaban J connectivity index is 2.37. The van der Waals surface area contributed by atoms with Crippen LogP contribution in [-0.2, 0) is 0 Å². The number of allylic oxidation sites excluding steroid dienone is 1. The number of halogens is 3. The SMILES string of the molecule is CN=C/C=C(\N)c1cc(-c2cccc(OC(F)(F)F)c2)ccc1NCCSNC. The molecule has 0 heterocycles. The smallest absolute Gasteiger partial charge is 0.406 e. The summed E-state index contributed by atoms with van der Waals surface area (Å²) in [4.78, 5) is 3.91. The Morgan fingerprint density at radius 2 is 1.97 bits per heavy atom. The van der Waals surface area contributed by atoms with Crippen LogP contribution in [0.15, 0.2) is 53.5 Å². The number of nitrogens with zero attached hydrogens (tertiary/aromatic N) is 1. The Hall–Kier alpha value is -2.65. The summed E-state index contributed by atoms with van der Waals surface area (Å²) in [6.45, 7) is 0.710. The van der Waals surface area contributed by atoms with Gasteiger partial charge in [-0.15, -0.1) is 13.2 Å². The van der Waals surface area contributed by atoms with Gasteiger partial charge in [0.25, 0.3) is 0 Å². The van der Waals surface area contributed by atoms with Crippen LogP contribution in [-0.4, -0.2) is 39.0 Å². The molecule has 9 heteroatoms. The summed E-state index contributed by atoms with van der Waals surface area (Å²) in [7, 11) is 3.49. The molecule has 2 aromatic rings. The number of nitrogens with two attached hydrogens (primary N) is 1. The van der Waals surface area contributed by atoms with Gasteiger partial charge in [-0.1, -0.05) is 30.1 Å². The number of rotatable bonds is 9. The predicted octanol–water partition coefficient (Wildman–Crippen LogP) is 4.53. The summed E-state index contributed by atoms with van der Waals surface area (Å²) in [6.07, 6.45) is -1.48. The largest absolute Gasteiger partial charge is 0.573 e. The van der Waals surface area contributed by atoms with Crippen molar-refractivity contribution in [2.24, 2.45) is 10.7 Å². The van der Waals surface area contributed by atoms with Gasteiger partial charge in [-0.25, -0.2) is 0 Å². The van der Waals surface area contributed by atoms with Gasteiger partial charge in [0, 0.05) is 42.5 Å². The van der Waals surface area contributed by atoms with Crippen molar-refractivity contribution >= 4 is 29.5 Å². The van der Waals surface area contributed by atoms with Crippen LogP contribution in [0.2, 0.25) is 0 Å². The lowest BCUT2D eigenvalue weighted by molar-refractivity contribution is -0.274. The van der Waals surface area contributed by atoms with Gasteiger partial charge in [-0.3, -0.25) is 9.71 Å². The summed E-state index contributed by atoms with van der Waals surface area (Å²) in [5, 5.41) is 3.33. The molecule has 4 N–H and O–H groups in total. The molecule has 0 fully saturated rings. The second kappa shape index (κ2) is 10.8. The van der Waals surface area contributed by atoms with Gasteiger partial charge in [-0.05, 0) is 48.5 Å². The molecule has 0 aliphatic rings. The molecule has 0 spiro atoms. The molecule has 156 valence electrons. The highest BCUT2D eigenvalue weighted by atomic mass is 32.2. The monoisotopic (exact) mass is 424 g/mol. The van der Waals surface area contributed by atoms with Crippen molar-refractivity contribution in [3.63, 3.8) is 0 Å². The molecule has 0 bridgehead atoms. The van der Waals surface area contributed by atoms with Gasteiger partial charge < -0.3 is 15.8 Å². The van der Waals surface area contributed by atoms with Crippen LogP contribution in [0.25, 0.3) is 16.8 Å². The van der Waals surface area contributed by atoms with E-state index in [9.17, 15) is 13.2 Å². The summed E-state index contributed by atoms with van der Waals surface area (Å²) in [6, 6.07) is 11.3. The van der Waals surface area contributed by atoms with E-state index in [1.807, 2.05) is 25.2 Å². The van der Waals surface area contributed by atoms with E-state index in [0.29, 0.717) is 23.4 Å². The Morgan fingerprint density at radius 3 is 2.66 bits per heavy atom. The van der Waals surface area contributed by atoms with E-state index in [0.717, 1.165) is 17.0 Å². The highest BCUT2D eigenvalue weighted by Crippen LogP contribution is 2.31. The second-order valence-electron chi connectivity index (χ2n) is 5.84. The van der Waals surface area contributed by atoms with Crippen LogP contribution in [0, 0.1) is 0 Å². The molecule has 0 amide bonds. The fourth-order valence-electron chi connectivity index (χ4n) is 2.57. The van der Waals surface area contributed by atoms with Crippen molar-refractivity contribution in [1.82, 2.24) is 4.72 Å². The summed E-state index contributed by atoms with van der Waals surface area (Å²) >= 11 is 1.58. The highest BCUT2D eigenvalue weighted by molar-refractivity contribution is 7.97. The summed E-state index contributed by atoms with van der Waals surface area (Å²) in [5.74, 6) is 0.568. The van der Waals surface area contributed by atoms with Gasteiger partial charge in [0.2, 0.25) is 0 Å². The zero-order valence-electron chi connectivity index (χ0n) is 16.1. The Labute approximate surface area is 172 Å². The van der Waals surface area contributed by atoms with Crippen LogP contribution in [0.3, 0.4) is 0 Å². The molecule has 0 saturated carbocycles. The first kappa shape index (κ1) is 22.6. The van der Waals surface area contributed by atoms with Crippen LogP contribution >= 0.6 is 11.9 Å². The molecule has 2 rings (SSSR count). The minimum atomic E-state index is -4.74. The minimum absolute atomic E-state index is 0.274. The predicted molar refractivity (Wildman–Crippen MR) is 115 cm³/mol. The van der Waals surface area contributed by atoms with E-state index in [2.05, 4.69) is 19.8 Å². The standard InChI is InChI=1S/C20H23F3N4OS/c1-25-9-8-18(24)17-13-15(6-7-19(17)27-10-11-29-26-2)14-4-3-5-16(12-14)28-20(21,22)23/h3-9,12-13,26-27H,10-11,24H2,1-2H3/b18-8-,25-9?. The van der Waals surface area contributed by atoms with Crippen molar-refractivity contribution in [2.75, 3.05) is 31.7 Å². The van der Waals surface area contributed by atoms with Gasteiger partial charge in [0.15, 0.2) is 0 Å². The fourth-order valence-corrected chi connectivity index (χ4v) is 2.98. The van der Waals surface area contributed by atoms with Gasteiger partial charge in [0.05, 0.1) is 0 Å². The molecule has 5 nitrogen and oxygen atoms in total. The molecule has 0 atom stereocenters. The number of benzene rings is 2. The first-order valence-electron chi connectivity index (χ1n) is 8.75. The average molecular weight is 424 g/mol. The third-order valence-corrected chi connectivity index (χ3v) is 4.50. The lowest BCUT2D eigenvalue weighted by atomic mass is 10.00. The molecule has 29 heavy (non-hydrogen) atoms. The van der Waals surface area contributed by atoms with E-state index in [1.165, 1.54) is 18.2 Å². The first-order valence-corrected chi connectivity index (χ1v) is 9.73. The van der Waals surface area contributed by atoms with E-state index in [4.69, 9.17) is 5.73 Å². The van der Waals surface area contributed by atoms with E-state index in [1.54, 1.807) is 37.4 Å². The third-order valence-electron chi connectivity index (χ3n) is 3.80. The van der Waals surface area contributed by atoms with Gasteiger partial charge in [-0.2, -0.15) is 0 Å². The van der Waals surface area contributed by atoms with E-state index < -0.39 is 6.36 Å². The lowest BCUT2D eigenvalue weighted by Crippen LogP contribution is -2.17. The van der Waals surface area contributed by atoms with Crippen LogP contribution in [0.1, 0.15) is 5.56 Å². The topological polar surface area (TPSA) is 71.7 Å². The van der Waals surface area contributed by atoms with Crippen molar-refractivity contribution in [1.29, 1.82) is 0 Å². The number of anilines is 1. The Kier molecular flexibility index (Phi) is 8.41. The van der Waals surface area contributed by atoms with Crippen LogP contribution < -0.4 is 20.5 Å². The Morgan fingerprint density at radius 1 is 1.21 bits per heavy atom. The van der Waals surface area contributed by atoms with Crippen LogP contribution in [0.5, 0.6) is 5.75 Å². The van der Waals surface area contributed by atoms with Gasteiger partial charge >= 0.3 is 6.36 Å². The molecule has 0 aliphatic carbocycles. The quantitative estimate of drug-likeness (QED) is 0.313. The lowest BCUT2D eigenvalue weighted by Gasteiger charge is -2.15. The van der Waals surface area contributed by atoms with Crippen LogP contribution in [0.4, 0.5) is 18.9 Å². The number of hydrogen-bond donors (Lipinski definition) is 3. The molecule has 0 aliphatic heterocycles. The maximum absolute atomic E-state index is 12.5. The number of nitrogens with one attached hydrogen (secondary N) is 2. The summed E-state index contributed by atoms with van der Waals surface area (Å²) in [5.41, 5.74) is 9.56. The molecule has 0 radical (unpaired) electrons. The highest BCUT2D eigenvalue weighted by Gasteiger charge is 2.31. The molecule has 2 aromatic carbocycles. The zero-order valence-corrected chi connectivity index (χ0v) is 16.9. The van der Waals surface area contributed by atoms with Crippen molar-refractivity contribution in [3.05, 3.63) is 54.1 Å². The normalized spacial score (nSPS) is 12.4. The second-order valence-corrected chi connectivity index (χ2v) is 6.95. The molecule has 0 saturated heterocycles. The number of alkyl halides is 3. The molecule has 0 unspecified atom stereocenters. The van der Waals surface area contributed by atoms with Crippen molar-refractivity contribution < 1.29 is 17.9 Å². The fraction of sp³-hybridized carbons (Fsp3) is 0.250. The average Bonchev–Trinajstić information content (AvgIpc) is 2.68. The van der Waals surface area contributed by atoms with E-state index in [-0.39, 0.29) is 5.75 Å².